The van der Waals surface area contributed by atoms with E-state index in [2.05, 4.69) is 34.3 Å². The van der Waals surface area contributed by atoms with Crippen molar-refractivity contribution in [1.29, 1.82) is 0 Å². The maximum atomic E-state index is 4.77. The molecule has 0 saturated carbocycles. The molecular formula is C18H17N5. The standard InChI is InChI=1S/C18H17N5/c1-12-8-16(19-10-12)22-18-21-15(14-6-4-3-5-7-14)9-17-20-13(2)11-23(17)18/h3-9,11H,10H2,1-2H3,(H,19,21,22). The van der Waals surface area contributed by atoms with Crippen molar-refractivity contribution >= 4 is 17.4 Å². The molecule has 1 aliphatic heterocycles. The van der Waals surface area contributed by atoms with Crippen molar-refractivity contribution in [2.75, 3.05) is 11.9 Å². The third kappa shape index (κ3) is 2.61. The Kier molecular flexibility index (Phi) is 3.19. The first kappa shape index (κ1) is 13.7. The monoisotopic (exact) mass is 303 g/mol. The van der Waals surface area contributed by atoms with Gasteiger partial charge in [0.05, 0.1) is 17.9 Å². The van der Waals surface area contributed by atoms with Gasteiger partial charge in [-0.05, 0) is 25.5 Å². The fourth-order valence-electron chi connectivity index (χ4n) is 2.68. The summed E-state index contributed by atoms with van der Waals surface area (Å²) in [7, 11) is 0. The quantitative estimate of drug-likeness (QED) is 0.788. The van der Waals surface area contributed by atoms with E-state index in [1.54, 1.807) is 0 Å². The molecule has 1 aromatic carbocycles. The van der Waals surface area contributed by atoms with Crippen LogP contribution in [0.25, 0.3) is 16.9 Å². The average molecular weight is 303 g/mol. The largest absolute Gasteiger partial charge is 0.310 e. The first-order valence-corrected chi connectivity index (χ1v) is 7.60. The predicted molar refractivity (Wildman–Crippen MR) is 92.8 cm³/mol. The molecule has 0 unspecified atom stereocenters. The molecule has 2 aromatic heterocycles. The Bertz CT molecular complexity index is 935. The number of imidazole rings is 1. The van der Waals surface area contributed by atoms with Gasteiger partial charge in [0, 0.05) is 17.8 Å². The van der Waals surface area contributed by atoms with Gasteiger partial charge in [-0.25, -0.2) is 9.97 Å². The summed E-state index contributed by atoms with van der Waals surface area (Å²) >= 11 is 0. The van der Waals surface area contributed by atoms with Crippen LogP contribution in [0.3, 0.4) is 0 Å². The number of benzene rings is 1. The van der Waals surface area contributed by atoms with Crippen LogP contribution in [-0.2, 0) is 0 Å². The zero-order valence-electron chi connectivity index (χ0n) is 13.1. The minimum Gasteiger partial charge on any atom is -0.310 e. The van der Waals surface area contributed by atoms with Crippen molar-refractivity contribution in [2.45, 2.75) is 13.8 Å². The van der Waals surface area contributed by atoms with Gasteiger partial charge in [-0.2, -0.15) is 0 Å². The summed E-state index contributed by atoms with van der Waals surface area (Å²) in [5.41, 5.74) is 5.03. The van der Waals surface area contributed by atoms with Crippen LogP contribution in [0.15, 0.2) is 59.2 Å². The molecule has 23 heavy (non-hydrogen) atoms. The number of rotatable bonds is 2. The van der Waals surface area contributed by atoms with Crippen LogP contribution in [0, 0.1) is 6.92 Å². The van der Waals surface area contributed by atoms with Crippen molar-refractivity contribution in [1.82, 2.24) is 14.4 Å². The molecule has 5 nitrogen and oxygen atoms in total. The van der Waals surface area contributed by atoms with Gasteiger partial charge >= 0.3 is 0 Å². The molecule has 3 aromatic rings. The fraction of sp³-hybridized carbons (Fsp3) is 0.167. The van der Waals surface area contributed by atoms with E-state index in [1.165, 1.54) is 5.57 Å². The maximum Gasteiger partial charge on any atom is 0.214 e. The molecule has 0 bridgehead atoms. The molecule has 0 aliphatic carbocycles. The lowest BCUT2D eigenvalue weighted by atomic mass is 10.1. The summed E-state index contributed by atoms with van der Waals surface area (Å²) < 4.78 is 1.96. The summed E-state index contributed by atoms with van der Waals surface area (Å²) in [6, 6.07) is 12.1. The van der Waals surface area contributed by atoms with Crippen LogP contribution in [0.4, 0.5) is 5.95 Å². The molecule has 0 saturated heterocycles. The van der Waals surface area contributed by atoms with E-state index >= 15 is 0 Å². The van der Waals surface area contributed by atoms with Crippen LogP contribution in [0.2, 0.25) is 0 Å². The Labute approximate surface area is 134 Å². The number of aryl methyl sites for hydroxylation is 1. The number of amidine groups is 1. The van der Waals surface area contributed by atoms with E-state index in [9.17, 15) is 0 Å². The lowest BCUT2D eigenvalue weighted by molar-refractivity contribution is 1.10. The number of hydrogen-bond donors (Lipinski definition) is 1. The van der Waals surface area contributed by atoms with Crippen molar-refractivity contribution in [3.63, 3.8) is 0 Å². The molecule has 5 heteroatoms. The highest BCUT2D eigenvalue weighted by Gasteiger charge is 2.12. The number of aliphatic imine (C=N–C) groups is 1. The molecule has 1 aliphatic rings. The van der Waals surface area contributed by atoms with Gasteiger partial charge in [0.25, 0.3) is 0 Å². The Morgan fingerprint density at radius 1 is 1.09 bits per heavy atom. The first-order chi connectivity index (χ1) is 11.2. The van der Waals surface area contributed by atoms with Gasteiger partial charge in [-0.1, -0.05) is 30.3 Å². The minimum absolute atomic E-state index is 0.728. The molecule has 4 rings (SSSR count). The Morgan fingerprint density at radius 2 is 1.91 bits per heavy atom. The van der Waals surface area contributed by atoms with Gasteiger partial charge in [0.1, 0.15) is 11.5 Å². The number of nitrogens with one attached hydrogen (secondary N) is 1. The van der Waals surface area contributed by atoms with E-state index in [0.29, 0.717) is 0 Å². The van der Waals surface area contributed by atoms with Crippen molar-refractivity contribution in [3.8, 4) is 11.3 Å². The van der Waals surface area contributed by atoms with E-state index in [0.717, 1.165) is 40.9 Å². The van der Waals surface area contributed by atoms with E-state index < -0.39 is 0 Å². The molecule has 3 heterocycles. The second-order valence-corrected chi connectivity index (χ2v) is 5.76. The van der Waals surface area contributed by atoms with Gasteiger partial charge in [0.2, 0.25) is 5.95 Å². The third-order valence-corrected chi connectivity index (χ3v) is 3.77. The van der Waals surface area contributed by atoms with E-state index in [4.69, 9.17) is 4.98 Å². The highest BCUT2D eigenvalue weighted by molar-refractivity contribution is 6.05. The zero-order valence-corrected chi connectivity index (χ0v) is 13.1. The predicted octanol–water partition coefficient (Wildman–Crippen LogP) is 3.48. The molecule has 0 amide bonds. The zero-order chi connectivity index (χ0) is 15.8. The summed E-state index contributed by atoms with van der Waals surface area (Å²) in [6.07, 6.45) is 4.03. The van der Waals surface area contributed by atoms with Crippen LogP contribution in [0.1, 0.15) is 12.6 Å². The van der Waals surface area contributed by atoms with Crippen molar-refractivity contribution in [2.24, 2.45) is 4.99 Å². The van der Waals surface area contributed by atoms with Gasteiger partial charge in [-0.15, -0.1) is 0 Å². The topological polar surface area (TPSA) is 54.6 Å². The molecule has 1 N–H and O–H groups in total. The normalized spacial score (nSPS) is 14.0. The Morgan fingerprint density at radius 3 is 2.65 bits per heavy atom. The number of anilines is 1. The maximum absolute atomic E-state index is 4.77. The van der Waals surface area contributed by atoms with Gasteiger partial charge < -0.3 is 5.32 Å². The lowest BCUT2D eigenvalue weighted by Gasteiger charge is -2.09. The summed E-state index contributed by atoms with van der Waals surface area (Å²) in [6.45, 7) is 4.80. The van der Waals surface area contributed by atoms with Crippen molar-refractivity contribution in [3.05, 3.63) is 59.9 Å². The number of aromatic nitrogens is 3. The molecule has 114 valence electrons. The highest BCUT2D eigenvalue weighted by Crippen LogP contribution is 2.22. The Balaban J connectivity index is 1.84. The van der Waals surface area contributed by atoms with Crippen molar-refractivity contribution < 1.29 is 0 Å². The average Bonchev–Trinajstić information content (AvgIpc) is 3.13. The van der Waals surface area contributed by atoms with Crippen LogP contribution in [0.5, 0.6) is 0 Å². The lowest BCUT2D eigenvalue weighted by Crippen LogP contribution is -2.12. The second-order valence-electron chi connectivity index (χ2n) is 5.76. The van der Waals surface area contributed by atoms with Crippen LogP contribution >= 0.6 is 0 Å². The SMILES string of the molecule is CC1=CC(Nc2nc(-c3ccccc3)cc3nc(C)cn23)=NC1. The van der Waals surface area contributed by atoms with E-state index in [1.807, 2.05) is 47.9 Å². The number of fused-ring (bicyclic) bond motifs is 1. The van der Waals surface area contributed by atoms with Crippen LogP contribution < -0.4 is 5.32 Å². The second kappa shape index (κ2) is 5.35. The van der Waals surface area contributed by atoms with E-state index in [-0.39, 0.29) is 0 Å². The Hall–Kier alpha value is -2.95. The minimum atomic E-state index is 0.728. The van der Waals surface area contributed by atoms with Crippen LogP contribution in [-0.4, -0.2) is 26.7 Å². The molecule has 0 fully saturated rings. The first-order valence-electron chi connectivity index (χ1n) is 7.60. The number of hydrogen-bond acceptors (Lipinski definition) is 4. The van der Waals surface area contributed by atoms with Gasteiger partial charge in [0.15, 0.2) is 0 Å². The molecule has 0 radical (unpaired) electrons. The summed E-state index contributed by atoms with van der Waals surface area (Å²) in [5.74, 6) is 1.57. The summed E-state index contributed by atoms with van der Waals surface area (Å²) in [4.78, 5) is 13.8. The molecule has 0 atom stereocenters. The third-order valence-electron chi connectivity index (χ3n) is 3.77. The molecule has 0 spiro atoms. The van der Waals surface area contributed by atoms with Gasteiger partial charge in [-0.3, -0.25) is 9.39 Å². The summed E-state index contributed by atoms with van der Waals surface area (Å²) in [5, 5.41) is 3.32. The highest BCUT2D eigenvalue weighted by atomic mass is 15.2. The fourth-order valence-corrected chi connectivity index (χ4v) is 2.68. The smallest absolute Gasteiger partial charge is 0.214 e. The molecular weight excluding hydrogens is 286 g/mol. The number of nitrogens with zero attached hydrogens (tertiary/aromatic N) is 4.